The average Bonchev–Trinajstić information content (AvgIpc) is 3.68. The number of aromatic nitrogens is 1. The summed E-state index contributed by atoms with van der Waals surface area (Å²) in [6, 6.07) is 72.4. The van der Waals surface area contributed by atoms with Gasteiger partial charge in [0.25, 0.3) is 0 Å². The van der Waals surface area contributed by atoms with Crippen LogP contribution in [0, 0.1) is 34.0 Å². The second kappa shape index (κ2) is 17.1. The van der Waals surface area contributed by atoms with Gasteiger partial charge in [-0.05, 0) is 158 Å². The van der Waals surface area contributed by atoms with Gasteiger partial charge in [0, 0.05) is 67.7 Å². The first kappa shape index (κ1) is 39.1. The van der Waals surface area contributed by atoms with Crippen LogP contribution in [0.3, 0.4) is 0 Å². The summed E-state index contributed by atoms with van der Waals surface area (Å²) in [5.41, 5.74) is 13.5. The van der Waals surface area contributed by atoms with E-state index in [0.29, 0.717) is 16.7 Å². The van der Waals surface area contributed by atoms with E-state index in [1.165, 1.54) is 0 Å². The van der Waals surface area contributed by atoms with Crippen LogP contribution in [0.15, 0.2) is 218 Å². The van der Waals surface area contributed by atoms with Crippen molar-refractivity contribution in [3.8, 4) is 23.9 Å². The molecule has 0 amide bonds. The molecule has 0 radical (unpaired) electrons. The van der Waals surface area contributed by atoms with E-state index in [1.807, 2.05) is 103 Å². The van der Waals surface area contributed by atoms with E-state index in [-0.39, 0.29) is 0 Å². The first-order chi connectivity index (χ1) is 31.6. The van der Waals surface area contributed by atoms with Crippen molar-refractivity contribution >= 4 is 67.3 Å². The molecule has 0 spiro atoms. The van der Waals surface area contributed by atoms with Crippen LogP contribution in [0.5, 0.6) is 0 Å². The zero-order chi connectivity index (χ0) is 43.4. The predicted molar refractivity (Wildman–Crippen MR) is 259 cm³/mol. The van der Waals surface area contributed by atoms with Crippen molar-refractivity contribution in [3.63, 3.8) is 0 Å². The molecule has 1 aliphatic rings. The van der Waals surface area contributed by atoms with Gasteiger partial charge in [0.05, 0.1) is 45.9 Å². The molecule has 9 aromatic rings. The highest BCUT2D eigenvalue weighted by Gasteiger charge is 2.22. The summed E-state index contributed by atoms with van der Waals surface area (Å²) >= 11 is 0. The molecule has 7 heteroatoms. The van der Waals surface area contributed by atoms with Crippen molar-refractivity contribution in [2.24, 2.45) is 0 Å². The summed E-state index contributed by atoms with van der Waals surface area (Å²) in [7, 11) is 0. The van der Waals surface area contributed by atoms with E-state index in [9.17, 15) is 15.8 Å². The summed E-state index contributed by atoms with van der Waals surface area (Å²) in [6.07, 6.45) is 8.24. The van der Waals surface area contributed by atoms with Crippen LogP contribution in [0.25, 0.3) is 27.5 Å². The van der Waals surface area contributed by atoms with E-state index < -0.39 is 0 Å². The SMILES string of the molecule is N#Cc1cccc(N(C2=CC=CCC2)c2ccc3c(c2)c2cc(N(c4ccccc4)c4cccc(C#N)c4)ccc2n3-c2ccc(N(c3ccccc3)c3cccc(C#N)c3)cc2)c1. The standard InChI is InChI=1S/C57H39N7/c58-38-41-13-10-22-49(33-41)61(44-16-4-1-5-17-44)47-25-27-48(28-26-47)64-56-31-29-52(62(45-18-6-2-7-19-45)50-23-11-14-42(34-50)39-59)36-54(56)55-37-53(30-32-57(55)64)63(46-20-8-3-9-21-46)51-24-12-15-43(35-51)40-60/h1-8,10-20,22-37H,9,21H2. The quantitative estimate of drug-likeness (QED) is 0.137. The van der Waals surface area contributed by atoms with Gasteiger partial charge >= 0.3 is 0 Å². The molecule has 1 heterocycles. The van der Waals surface area contributed by atoms with Crippen LogP contribution < -0.4 is 14.7 Å². The minimum absolute atomic E-state index is 0.584. The Kier molecular flexibility index (Phi) is 10.4. The lowest BCUT2D eigenvalue weighted by atomic mass is 10.1. The van der Waals surface area contributed by atoms with Crippen LogP contribution in [0.1, 0.15) is 29.5 Å². The number of nitrogens with zero attached hydrogens (tertiary/aromatic N) is 7. The third-order valence-corrected chi connectivity index (χ3v) is 11.6. The van der Waals surface area contributed by atoms with Crippen molar-refractivity contribution in [1.82, 2.24) is 4.57 Å². The molecule has 8 aromatic carbocycles. The molecule has 0 atom stereocenters. The second-order valence-corrected chi connectivity index (χ2v) is 15.5. The number of nitriles is 3. The fourth-order valence-corrected chi connectivity index (χ4v) is 8.76. The highest BCUT2D eigenvalue weighted by molar-refractivity contribution is 6.12. The molecule has 0 saturated heterocycles. The fraction of sp³-hybridized carbons (Fsp3) is 0.0351. The van der Waals surface area contributed by atoms with Gasteiger partial charge in [-0.2, -0.15) is 15.8 Å². The van der Waals surface area contributed by atoms with E-state index in [4.69, 9.17) is 0 Å². The number of benzene rings is 8. The van der Waals surface area contributed by atoms with Crippen LogP contribution in [0.2, 0.25) is 0 Å². The Morgan fingerprint density at radius 2 is 0.797 bits per heavy atom. The zero-order valence-electron chi connectivity index (χ0n) is 34.8. The molecule has 0 N–H and O–H groups in total. The number of anilines is 8. The molecule has 7 nitrogen and oxygen atoms in total. The third-order valence-electron chi connectivity index (χ3n) is 11.6. The normalized spacial score (nSPS) is 11.9. The number of hydrogen-bond donors (Lipinski definition) is 0. The maximum atomic E-state index is 9.91. The smallest absolute Gasteiger partial charge is 0.0992 e. The molecule has 0 bridgehead atoms. The lowest BCUT2D eigenvalue weighted by Crippen LogP contribution is -2.17. The molecule has 302 valence electrons. The predicted octanol–water partition coefficient (Wildman–Crippen LogP) is 14.7. The Morgan fingerprint density at radius 3 is 1.27 bits per heavy atom. The Hall–Kier alpha value is -9.09. The Bertz CT molecular complexity index is 3380. The maximum absolute atomic E-state index is 9.91. The van der Waals surface area contributed by atoms with Crippen molar-refractivity contribution < 1.29 is 0 Å². The fourth-order valence-electron chi connectivity index (χ4n) is 8.76. The minimum Gasteiger partial charge on any atom is -0.314 e. The number of hydrogen-bond acceptors (Lipinski definition) is 6. The van der Waals surface area contributed by atoms with E-state index in [2.05, 4.69) is 147 Å². The first-order valence-electron chi connectivity index (χ1n) is 21.2. The molecular weight excluding hydrogens is 783 g/mol. The van der Waals surface area contributed by atoms with Crippen LogP contribution in [-0.2, 0) is 0 Å². The summed E-state index contributed by atoms with van der Waals surface area (Å²) in [5.74, 6) is 0. The number of rotatable bonds is 10. The molecule has 0 fully saturated rings. The summed E-state index contributed by atoms with van der Waals surface area (Å²) in [5, 5.41) is 31.7. The lowest BCUT2D eigenvalue weighted by molar-refractivity contribution is 0.918. The molecule has 10 rings (SSSR count). The van der Waals surface area contributed by atoms with E-state index in [1.54, 1.807) is 0 Å². The van der Waals surface area contributed by atoms with Gasteiger partial charge in [-0.1, -0.05) is 66.7 Å². The van der Waals surface area contributed by atoms with E-state index >= 15 is 0 Å². The third kappa shape index (κ3) is 7.39. The van der Waals surface area contributed by atoms with Crippen molar-refractivity contribution in [2.75, 3.05) is 14.7 Å². The van der Waals surface area contributed by atoms with Gasteiger partial charge in [0.15, 0.2) is 0 Å². The topological polar surface area (TPSA) is 86.0 Å². The Morgan fingerprint density at radius 1 is 0.391 bits per heavy atom. The van der Waals surface area contributed by atoms with Crippen LogP contribution in [-0.4, -0.2) is 4.57 Å². The Balaban J connectivity index is 1.18. The van der Waals surface area contributed by atoms with Crippen molar-refractivity contribution in [3.05, 3.63) is 235 Å². The van der Waals surface area contributed by atoms with Gasteiger partial charge in [-0.25, -0.2) is 0 Å². The maximum Gasteiger partial charge on any atom is 0.0992 e. The molecular formula is C57H39N7. The summed E-state index contributed by atoms with van der Waals surface area (Å²) < 4.78 is 2.32. The summed E-state index contributed by atoms with van der Waals surface area (Å²) in [6.45, 7) is 0. The first-order valence-corrected chi connectivity index (χ1v) is 21.2. The molecule has 1 aromatic heterocycles. The average molecular weight is 822 g/mol. The molecule has 1 aliphatic carbocycles. The zero-order valence-corrected chi connectivity index (χ0v) is 34.8. The lowest BCUT2D eigenvalue weighted by Gasteiger charge is -2.29. The van der Waals surface area contributed by atoms with Crippen molar-refractivity contribution in [1.29, 1.82) is 15.8 Å². The molecule has 0 unspecified atom stereocenters. The number of para-hydroxylation sites is 2. The van der Waals surface area contributed by atoms with Crippen molar-refractivity contribution in [2.45, 2.75) is 12.8 Å². The van der Waals surface area contributed by atoms with Gasteiger partial charge in [0.2, 0.25) is 0 Å². The minimum atomic E-state index is 0.584. The van der Waals surface area contributed by atoms with Crippen LogP contribution in [0.4, 0.5) is 45.5 Å². The molecule has 64 heavy (non-hydrogen) atoms. The highest BCUT2D eigenvalue weighted by Crippen LogP contribution is 2.43. The Labute approximate surface area is 372 Å². The highest BCUT2D eigenvalue weighted by atomic mass is 15.2. The largest absolute Gasteiger partial charge is 0.314 e. The molecule has 0 aliphatic heterocycles. The van der Waals surface area contributed by atoms with Gasteiger partial charge < -0.3 is 19.3 Å². The van der Waals surface area contributed by atoms with Gasteiger partial charge in [0.1, 0.15) is 0 Å². The number of allylic oxidation sites excluding steroid dienone is 4. The van der Waals surface area contributed by atoms with Gasteiger partial charge in [-0.15, -0.1) is 0 Å². The van der Waals surface area contributed by atoms with E-state index in [0.717, 1.165) is 91.5 Å². The number of fused-ring (bicyclic) bond motifs is 3. The monoisotopic (exact) mass is 821 g/mol. The summed E-state index contributed by atoms with van der Waals surface area (Å²) in [4.78, 5) is 6.63. The second-order valence-electron chi connectivity index (χ2n) is 15.5. The van der Waals surface area contributed by atoms with Crippen LogP contribution >= 0.6 is 0 Å². The van der Waals surface area contributed by atoms with Gasteiger partial charge in [-0.3, -0.25) is 0 Å². The molecule has 0 saturated carbocycles.